The molecule has 1 aliphatic heterocycles. The third kappa shape index (κ3) is 3.87. The monoisotopic (exact) mass is 427 g/mol. The first-order valence-corrected chi connectivity index (χ1v) is 10.7. The minimum atomic E-state index is -0.186. The van der Waals surface area contributed by atoms with Gasteiger partial charge in [0.1, 0.15) is 12.4 Å². The number of hydrogen-bond donors (Lipinski definition) is 1. The van der Waals surface area contributed by atoms with Crippen LogP contribution in [0.4, 0.5) is 5.82 Å². The van der Waals surface area contributed by atoms with Gasteiger partial charge in [0, 0.05) is 22.2 Å². The number of hydrogen-bond acceptors (Lipinski definition) is 4. The molecule has 0 aliphatic carbocycles. The molecule has 1 aliphatic rings. The van der Waals surface area contributed by atoms with Gasteiger partial charge in [-0.25, -0.2) is 4.99 Å². The van der Waals surface area contributed by atoms with Gasteiger partial charge < -0.3 is 4.74 Å². The number of aliphatic imine (C=N–C) groups is 1. The number of nitrogens with zero attached hydrogens (tertiary/aromatic N) is 2. The second-order valence-electron chi connectivity index (χ2n) is 7.19. The van der Waals surface area contributed by atoms with E-state index in [1.54, 1.807) is 11.8 Å². The van der Waals surface area contributed by atoms with Crippen molar-refractivity contribution in [2.45, 2.75) is 38.7 Å². The van der Waals surface area contributed by atoms with Gasteiger partial charge in [-0.1, -0.05) is 59.8 Å². The fraction of sp³-hybridized carbons (Fsp3) is 0.273. The summed E-state index contributed by atoms with van der Waals surface area (Å²) >= 11 is 7.84. The van der Waals surface area contributed by atoms with Crippen molar-refractivity contribution in [3.63, 3.8) is 0 Å². The molecule has 0 radical (unpaired) electrons. The number of para-hydroxylation sites is 1. The third-order valence-electron chi connectivity index (χ3n) is 4.81. The zero-order valence-electron chi connectivity index (χ0n) is 16.5. The third-order valence-corrected chi connectivity index (χ3v) is 6.34. The lowest BCUT2D eigenvalue weighted by atomic mass is 10.0. The Hall–Kier alpha value is -2.44. The number of thioether (sulfide) groups is 1. The Labute approximate surface area is 178 Å². The predicted octanol–water partition coefficient (Wildman–Crippen LogP) is 5.88. The normalized spacial score (nSPS) is 15.9. The van der Waals surface area contributed by atoms with Crippen LogP contribution in [-0.2, 0) is 6.61 Å². The Morgan fingerprint density at radius 3 is 2.69 bits per heavy atom. The molecule has 0 bridgehead atoms. The summed E-state index contributed by atoms with van der Waals surface area (Å²) in [5.74, 6) is 1.44. The quantitative estimate of drug-likeness (QED) is 0.553. The maximum absolute atomic E-state index is 12.8. The fourth-order valence-corrected chi connectivity index (χ4v) is 4.72. The number of halogens is 1. The van der Waals surface area contributed by atoms with Crippen LogP contribution in [-0.4, -0.2) is 14.8 Å². The highest BCUT2D eigenvalue weighted by Crippen LogP contribution is 2.46. The Kier molecular flexibility index (Phi) is 5.56. The summed E-state index contributed by atoms with van der Waals surface area (Å²) < 4.78 is 7.98. The Morgan fingerprint density at radius 2 is 1.93 bits per heavy atom. The lowest BCUT2D eigenvalue weighted by Gasteiger charge is -2.23. The van der Waals surface area contributed by atoms with Crippen molar-refractivity contribution in [2.75, 3.05) is 0 Å². The first-order valence-electron chi connectivity index (χ1n) is 9.47. The Morgan fingerprint density at radius 1 is 1.21 bits per heavy atom. The highest BCUT2D eigenvalue weighted by Gasteiger charge is 2.32. The summed E-state index contributed by atoms with van der Waals surface area (Å²) in [7, 11) is 0. The lowest BCUT2D eigenvalue weighted by Crippen LogP contribution is -2.14. The molecule has 1 unspecified atom stereocenters. The maximum atomic E-state index is 12.8. The molecule has 1 atom stereocenters. The van der Waals surface area contributed by atoms with E-state index >= 15 is 0 Å². The molecule has 4 rings (SSSR count). The molecule has 0 spiro atoms. The zero-order valence-corrected chi connectivity index (χ0v) is 18.1. The van der Waals surface area contributed by atoms with Gasteiger partial charge in [-0.2, -0.15) is 0 Å². The van der Waals surface area contributed by atoms with E-state index in [2.05, 4.69) is 10.1 Å². The van der Waals surface area contributed by atoms with E-state index in [1.165, 1.54) is 0 Å². The van der Waals surface area contributed by atoms with Crippen LogP contribution in [0.1, 0.15) is 48.8 Å². The SMILES string of the molecule is CC1=Nc2c(c(=O)[nH]n2C(C)C)C(c2ccccc2OCc2ccccc2Cl)S1. The summed E-state index contributed by atoms with van der Waals surface area (Å²) in [6.07, 6.45) is 0. The van der Waals surface area contributed by atoms with Crippen LogP contribution in [0.25, 0.3) is 0 Å². The summed E-state index contributed by atoms with van der Waals surface area (Å²) in [6.45, 7) is 6.38. The van der Waals surface area contributed by atoms with E-state index < -0.39 is 0 Å². The molecule has 0 saturated carbocycles. The van der Waals surface area contributed by atoms with E-state index in [1.807, 2.05) is 74.0 Å². The first-order chi connectivity index (χ1) is 14.0. The number of benzene rings is 2. The number of aromatic amines is 1. The standard InChI is InChI=1S/C22H22ClN3O2S/c1-13(2)26-21-19(22(27)25-26)20(29-14(3)24-21)16-9-5-7-11-18(16)28-12-15-8-4-6-10-17(15)23/h4-11,13,20H,12H2,1-3H3,(H,25,27). The molecule has 1 N–H and O–H groups in total. The van der Waals surface area contributed by atoms with Crippen LogP contribution in [0, 0.1) is 0 Å². The first kappa shape index (κ1) is 19.9. The second-order valence-corrected chi connectivity index (χ2v) is 8.89. The predicted molar refractivity (Wildman–Crippen MR) is 120 cm³/mol. The summed E-state index contributed by atoms with van der Waals surface area (Å²) in [4.78, 5) is 17.4. The molecule has 1 aromatic heterocycles. The van der Waals surface area contributed by atoms with Crippen LogP contribution in [0.5, 0.6) is 5.75 Å². The number of aromatic nitrogens is 2. The maximum Gasteiger partial charge on any atom is 0.271 e. The minimum absolute atomic E-state index is 0.108. The molecule has 150 valence electrons. The van der Waals surface area contributed by atoms with Gasteiger partial charge in [0.05, 0.1) is 15.9 Å². The molecule has 29 heavy (non-hydrogen) atoms. The molecule has 0 fully saturated rings. The molecule has 0 amide bonds. The number of H-pyrrole nitrogens is 1. The molecule has 2 aromatic carbocycles. The van der Waals surface area contributed by atoms with Gasteiger partial charge in [-0.15, -0.1) is 0 Å². The average molecular weight is 428 g/mol. The van der Waals surface area contributed by atoms with Crippen molar-refractivity contribution in [3.8, 4) is 5.75 Å². The Balaban J connectivity index is 1.73. The van der Waals surface area contributed by atoms with E-state index in [4.69, 9.17) is 16.3 Å². The van der Waals surface area contributed by atoms with Gasteiger partial charge in [0.25, 0.3) is 5.56 Å². The molecule has 5 nitrogen and oxygen atoms in total. The summed E-state index contributed by atoms with van der Waals surface area (Å²) in [6, 6.07) is 15.6. The minimum Gasteiger partial charge on any atom is -0.489 e. The largest absolute Gasteiger partial charge is 0.489 e. The Bertz CT molecular complexity index is 1130. The van der Waals surface area contributed by atoms with Crippen molar-refractivity contribution in [1.29, 1.82) is 0 Å². The van der Waals surface area contributed by atoms with E-state index in [0.29, 0.717) is 23.0 Å². The lowest BCUT2D eigenvalue weighted by molar-refractivity contribution is 0.303. The van der Waals surface area contributed by atoms with Crippen LogP contribution in [0.2, 0.25) is 5.02 Å². The van der Waals surface area contributed by atoms with Crippen LogP contribution >= 0.6 is 23.4 Å². The van der Waals surface area contributed by atoms with Gasteiger partial charge in [0.2, 0.25) is 0 Å². The molecule has 0 saturated heterocycles. The van der Waals surface area contributed by atoms with Gasteiger partial charge >= 0.3 is 0 Å². The number of fused-ring (bicyclic) bond motifs is 1. The molecule has 3 aromatic rings. The zero-order chi connectivity index (χ0) is 20.5. The summed E-state index contributed by atoms with van der Waals surface area (Å²) in [5, 5.41) is 4.34. The van der Waals surface area contributed by atoms with E-state index in [-0.39, 0.29) is 16.9 Å². The van der Waals surface area contributed by atoms with E-state index in [0.717, 1.165) is 21.9 Å². The van der Waals surface area contributed by atoms with Crippen molar-refractivity contribution in [1.82, 2.24) is 9.78 Å². The van der Waals surface area contributed by atoms with Crippen LogP contribution in [0.3, 0.4) is 0 Å². The van der Waals surface area contributed by atoms with Gasteiger partial charge in [0.15, 0.2) is 5.82 Å². The second kappa shape index (κ2) is 8.13. The van der Waals surface area contributed by atoms with Crippen LogP contribution < -0.4 is 10.3 Å². The van der Waals surface area contributed by atoms with Gasteiger partial charge in [-0.05, 0) is 32.9 Å². The number of ether oxygens (including phenoxy) is 1. The average Bonchev–Trinajstić information content (AvgIpc) is 3.04. The highest BCUT2D eigenvalue weighted by molar-refractivity contribution is 8.14. The highest BCUT2D eigenvalue weighted by atomic mass is 35.5. The van der Waals surface area contributed by atoms with E-state index in [9.17, 15) is 4.79 Å². The van der Waals surface area contributed by atoms with Crippen molar-refractivity contribution >= 4 is 34.2 Å². The summed E-state index contributed by atoms with van der Waals surface area (Å²) in [5.41, 5.74) is 2.43. The van der Waals surface area contributed by atoms with Crippen LogP contribution in [0.15, 0.2) is 58.3 Å². The smallest absolute Gasteiger partial charge is 0.271 e. The molecular weight excluding hydrogens is 406 g/mol. The van der Waals surface area contributed by atoms with Gasteiger partial charge in [-0.3, -0.25) is 14.6 Å². The molecule has 7 heteroatoms. The fourth-order valence-electron chi connectivity index (χ4n) is 3.40. The molecule has 2 heterocycles. The number of nitrogens with one attached hydrogen (secondary N) is 1. The topological polar surface area (TPSA) is 59.4 Å². The number of rotatable bonds is 5. The van der Waals surface area contributed by atoms with Crippen molar-refractivity contribution < 1.29 is 4.74 Å². The molecular formula is C22H22ClN3O2S. The van der Waals surface area contributed by atoms with Crippen molar-refractivity contribution in [3.05, 3.63) is 80.6 Å². The van der Waals surface area contributed by atoms with Crippen molar-refractivity contribution in [2.24, 2.45) is 4.99 Å².